The Morgan fingerprint density at radius 1 is 0.977 bits per heavy atom. The molecular weight excluding hydrogens is 579 g/mol. The molecule has 9 heteroatoms. The third-order valence-electron chi connectivity index (χ3n) is 7.76. The fraction of sp³-hybridized carbons (Fsp3) is 0.235. The summed E-state index contributed by atoms with van der Waals surface area (Å²) < 4.78 is 6.05. The molecule has 0 bridgehead atoms. The number of hydrogen-bond donors (Lipinski definition) is 1. The van der Waals surface area contributed by atoms with Crippen molar-refractivity contribution in [1.29, 1.82) is 0 Å². The number of aromatic carboxylic acids is 1. The molecule has 0 radical (unpaired) electrons. The zero-order valence-electron chi connectivity index (χ0n) is 23.6. The minimum absolute atomic E-state index is 0.113. The standard InChI is InChI=1S/C34H31N3O4S2/c38-32-30(43-34(42)37(32)15-12-23-8-10-25(11-9-23)33(39)40)21-24-4-3-6-27(20-24)31-28(13-14-36-16-18-41-19-17-36)22-26-5-1-2-7-29(26)35-31/h1-11,20-22H,12-19H2,(H,39,40)/b30-21-. The lowest BCUT2D eigenvalue weighted by molar-refractivity contribution is -0.122. The molecule has 6 rings (SSSR count). The largest absolute Gasteiger partial charge is 0.478 e. The number of rotatable bonds is 9. The third kappa shape index (κ3) is 6.86. The van der Waals surface area contributed by atoms with Crippen molar-refractivity contribution in [3.8, 4) is 11.3 Å². The molecule has 0 unspecified atom stereocenters. The number of hydrogen-bond acceptors (Lipinski definition) is 7. The van der Waals surface area contributed by atoms with Gasteiger partial charge in [0.2, 0.25) is 0 Å². The van der Waals surface area contributed by atoms with Gasteiger partial charge < -0.3 is 9.84 Å². The van der Waals surface area contributed by atoms with Crippen molar-refractivity contribution in [2.24, 2.45) is 0 Å². The van der Waals surface area contributed by atoms with Gasteiger partial charge in [0.1, 0.15) is 4.32 Å². The quantitative estimate of drug-likeness (QED) is 0.185. The minimum atomic E-state index is -0.960. The third-order valence-corrected chi connectivity index (χ3v) is 9.14. The number of benzene rings is 3. The summed E-state index contributed by atoms with van der Waals surface area (Å²) in [4.78, 5) is 34.2. The average Bonchev–Trinajstić information content (AvgIpc) is 3.30. The molecule has 2 aliphatic rings. The Hall–Kier alpha value is -3.89. The van der Waals surface area contributed by atoms with Crippen molar-refractivity contribution in [2.45, 2.75) is 12.8 Å². The Labute approximate surface area is 260 Å². The van der Waals surface area contributed by atoms with E-state index in [-0.39, 0.29) is 11.5 Å². The Kier molecular flexibility index (Phi) is 8.95. The Morgan fingerprint density at radius 2 is 1.77 bits per heavy atom. The normalized spacial score (nSPS) is 16.8. The van der Waals surface area contributed by atoms with Crippen LogP contribution in [0, 0.1) is 0 Å². The molecule has 3 heterocycles. The maximum Gasteiger partial charge on any atom is 0.335 e. The van der Waals surface area contributed by atoms with E-state index in [0.717, 1.165) is 72.6 Å². The molecule has 4 aromatic rings. The first-order valence-electron chi connectivity index (χ1n) is 14.3. The fourth-order valence-electron chi connectivity index (χ4n) is 5.38. The second-order valence-corrected chi connectivity index (χ2v) is 12.3. The first-order chi connectivity index (χ1) is 20.9. The number of thioether (sulfide) groups is 1. The van der Waals surface area contributed by atoms with Gasteiger partial charge in [-0.3, -0.25) is 14.6 Å². The number of fused-ring (bicyclic) bond motifs is 1. The van der Waals surface area contributed by atoms with Gasteiger partial charge in [0.05, 0.1) is 34.9 Å². The van der Waals surface area contributed by atoms with E-state index < -0.39 is 5.97 Å². The predicted molar refractivity (Wildman–Crippen MR) is 175 cm³/mol. The SMILES string of the molecule is O=C(O)c1ccc(CCN2C(=O)/C(=C/c3cccc(-c4nc5ccccc5cc4CCN4CCOCC4)c3)SC2=S)cc1. The van der Waals surface area contributed by atoms with E-state index in [0.29, 0.717) is 22.2 Å². The van der Waals surface area contributed by atoms with E-state index in [9.17, 15) is 9.59 Å². The number of carbonyl (C=O) groups excluding carboxylic acids is 1. The number of thiocarbonyl (C=S) groups is 1. The number of ether oxygens (including phenoxy) is 1. The maximum absolute atomic E-state index is 13.3. The molecule has 2 aliphatic heterocycles. The Balaban J connectivity index is 1.21. The van der Waals surface area contributed by atoms with Crippen LogP contribution in [0.2, 0.25) is 0 Å². The second-order valence-electron chi connectivity index (χ2n) is 10.6. The highest BCUT2D eigenvalue weighted by atomic mass is 32.2. The number of nitrogens with zero attached hydrogens (tertiary/aromatic N) is 3. The number of morpholine rings is 1. The summed E-state index contributed by atoms with van der Waals surface area (Å²) in [7, 11) is 0. The average molecular weight is 610 g/mol. The van der Waals surface area contributed by atoms with E-state index in [4.69, 9.17) is 27.0 Å². The lowest BCUT2D eigenvalue weighted by atomic mass is 9.99. The van der Waals surface area contributed by atoms with Crippen LogP contribution < -0.4 is 0 Å². The van der Waals surface area contributed by atoms with Crippen LogP contribution in [-0.4, -0.2) is 75.5 Å². The molecule has 0 spiro atoms. The number of amides is 1. The maximum atomic E-state index is 13.3. The monoisotopic (exact) mass is 609 g/mol. The first kappa shape index (κ1) is 29.2. The van der Waals surface area contributed by atoms with Gasteiger partial charge in [0.15, 0.2) is 0 Å². The van der Waals surface area contributed by atoms with Crippen LogP contribution in [0.3, 0.4) is 0 Å². The lowest BCUT2D eigenvalue weighted by Crippen LogP contribution is -2.37. The van der Waals surface area contributed by atoms with Gasteiger partial charge in [-0.2, -0.15) is 0 Å². The Bertz CT molecular complexity index is 1710. The zero-order valence-corrected chi connectivity index (χ0v) is 25.2. The smallest absolute Gasteiger partial charge is 0.335 e. The van der Waals surface area contributed by atoms with E-state index in [2.05, 4.69) is 29.2 Å². The molecule has 1 N–H and O–H groups in total. The van der Waals surface area contributed by atoms with Gasteiger partial charge in [-0.1, -0.05) is 72.5 Å². The number of aromatic nitrogens is 1. The van der Waals surface area contributed by atoms with E-state index in [1.165, 1.54) is 17.3 Å². The topological polar surface area (TPSA) is 83.0 Å². The van der Waals surface area contributed by atoms with Gasteiger partial charge in [-0.25, -0.2) is 9.78 Å². The molecule has 7 nitrogen and oxygen atoms in total. The second kappa shape index (κ2) is 13.2. The van der Waals surface area contributed by atoms with Crippen LogP contribution in [0.1, 0.15) is 27.0 Å². The molecule has 0 aliphatic carbocycles. The predicted octanol–water partition coefficient (Wildman–Crippen LogP) is 5.92. The van der Waals surface area contributed by atoms with Crippen molar-refractivity contribution in [1.82, 2.24) is 14.8 Å². The summed E-state index contributed by atoms with van der Waals surface area (Å²) in [6, 6.07) is 25.3. The molecular formula is C34H31N3O4S2. The van der Waals surface area contributed by atoms with E-state index in [1.807, 2.05) is 36.4 Å². The van der Waals surface area contributed by atoms with Gasteiger partial charge in [0.25, 0.3) is 5.91 Å². The van der Waals surface area contributed by atoms with Crippen molar-refractivity contribution in [2.75, 3.05) is 39.4 Å². The molecule has 218 valence electrons. The molecule has 1 aromatic heterocycles. The summed E-state index contributed by atoms with van der Waals surface area (Å²) in [6.45, 7) is 4.82. The van der Waals surface area contributed by atoms with Crippen LogP contribution in [0.5, 0.6) is 0 Å². The summed E-state index contributed by atoms with van der Waals surface area (Å²) in [5, 5.41) is 10.2. The van der Waals surface area contributed by atoms with E-state index >= 15 is 0 Å². The zero-order chi connectivity index (χ0) is 29.8. The van der Waals surface area contributed by atoms with Crippen LogP contribution in [0.4, 0.5) is 0 Å². The fourth-order valence-corrected chi connectivity index (χ4v) is 6.69. The van der Waals surface area contributed by atoms with Crippen molar-refractivity contribution >= 4 is 57.2 Å². The minimum Gasteiger partial charge on any atom is -0.478 e. The number of carbonyl (C=O) groups is 2. The van der Waals surface area contributed by atoms with Crippen LogP contribution in [0.25, 0.3) is 28.2 Å². The Morgan fingerprint density at radius 3 is 2.56 bits per heavy atom. The number of pyridine rings is 1. The summed E-state index contributed by atoms with van der Waals surface area (Å²) in [5.41, 5.74) is 6.23. The summed E-state index contributed by atoms with van der Waals surface area (Å²) in [6.07, 6.45) is 3.37. The van der Waals surface area contributed by atoms with Gasteiger partial charge in [-0.15, -0.1) is 0 Å². The summed E-state index contributed by atoms with van der Waals surface area (Å²) >= 11 is 6.86. The van der Waals surface area contributed by atoms with Crippen LogP contribution in [0.15, 0.2) is 83.8 Å². The molecule has 2 fully saturated rings. The molecule has 2 saturated heterocycles. The summed E-state index contributed by atoms with van der Waals surface area (Å²) in [5.74, 6) is -1.07. The van der Waals surface area contributed by atoms with Gasteiger partial charge in [-0.05, 0) is 65.9 Å². The lowest BCUT2D eigenvalue weighted by Gasteiger charge is -2.26. The molecule has 3 aromatic carbocycles. The highest BCUT2D eigenvalue weighted by Gasteiger charge is 2.31. The molecule has 43 heavy (non-hydrogen) atoms. The molecule has 0 atom stereocenters. The molecule has 1 amide bonds. The van der Waals surface area contributed by atoms with Crippen molar-refractivity contribution in [3.05, 3.63) is 106 Å². The van der Waals surface area contributed by atoms with Crippen LogP contribution >= 0.6 is 24.0 Å². The number of para-hydroxylation sites is 1. The number of carboxylic acid groups (broad SMARTS) is 1. The van der Waals surface area contributed by atoms with Crippen molar-refractivity contribution < 1.29 is 19.4 Å². The van der Waals surface area contributed by atoms with Crippen molar-refractivity contribution in [3.63, 3.8) is 0 Å². The molecule has 0 saturated carbocycles. The highest BCUT2D eigenvalue weighted by molar-refractivity contribution is 8.26. The van der Waals surface area contributed by atoms with Gasteiger partial charge >= 0.3 is 5.97 Å². The van der Waals surface area contributed by atoms with E-state index in [1.54, 1.807) is 29.2 Å². The number of carboxylic acids is 1. The van der Waals surface area contributed by atoms with Gasteiger partial charge in [0, 0.05) is 37.1 Å². The first-order valence-corrected chi connectivity index (χ1v) is 15.5. The highest BCUT2D eigenvalue weighted by Crippen LogP contribution is 2.34. The van der Waals surface area contributed by atoms with Crippen LogP contribution in [-0.2, 0) is 22.4 Å².